The SMILES string of the molecule is CC1CCCN(C(=O)Nc2ccc3c(c2)C(=O)N(C(C)(C)C)C3=O)C1. The first kappa shape index (κ1) is 17.5. The first-order chi connectivity index (χ1) is 11.7. The van der Waals surface area contributed by atoms with Gasteiger partial charge in [0.15, 0.2) is 0 Å². The van der Waals surface area contributed by atoms with Crippen LogP contribution in [0.5, 0.6) is 0 Å². The van der Waals surface area contributed by atoms with Crippen LogP contribution in [0.4, 0.5) is 10.5 Å². The molecule has 1 unspecified atom stereocenters. The number of nitrogens with one attached hydrogen (secondary N) is 1. The number of anilines is 1. The van der Waals surface area contributed by atoms with Crippen LogP contribution in [-0.2, 0) is 0 Å². The van der Waals surface area contributed by atoms with Crippen LogP contribution < -0.4 is 5.32 Å². The van der Waals surface area contributed by atoms with Crippen molar-refractivity contribution in [2.24, 2.45) is 5.92 Å². The van der Waals surface area contributed by atoms with Gasteiger partial charge in [-0.15, -0.1) is 0 Å². The van der Waals surface area contributed by atoms with Crippen LogP contribution in [0.15, 0.2) is 18.2 Å². The van der Waals surface area contributed by atoms with Gasteiger partial charge in [-0.2, -0.15) is 0 Å². The van der Waals surface area contributed by atoms with Gasteiger partial charge in [-0.3, -0.25) is 14.5 Å². The molecule has 4 amide bonds. The van der Waals surface area contributed by atoms with Gasteiger partial charge in [0.05, 0.1) is 11.1 Å². The first-order valence-electron chi connectivity index (χ1n) is 8.77. The number of piperidine rings is 1. The fourth-order valence-electron chi connectivity index (χ4n) is 3.50. The highest BCUT2D eigenvalue weighted by atomic mass is 16.2. The molecule has 2 heterocycles. The molecule has 0 aromatic heterocycles. The normalized spacial score (nSPS) is 20.7. The van der Waals surface area contributed by atoms with Crippen LogP contribution >= 0.6 is 0 Å². The Hall–Kier alpha value is -2.37. The summed E-state index contributed by atoms with van der Waals surface area (Å²) >= 11 is 0. The number of hydrogen-bond donors (Lipinski definition) is 1. The molecule has 134 valence electrons. The van der Waals surface area contributed by atoms with Crippen molar-refractivity contribution >= 4 is 23.5 Å². The van der Waals surface area contributed by atoms with Gasteiger partial charge in [0, 0.05) is 24.3 Å². The molecule has 1 atom stereocenters. The smallest absolute Gasteiger partial charge is 0.321 e. The second-order valence-corrected chi connectivity index (χ2v) is 8.00. The maximum atomic E-state index is 12.6. The van der Waals surface area contributed by atoms with Gasteiger partial charge < -0.3 is 10.2 Å². The Morgan fingerprint density at radius 3 is 2.48 bits per heavy atom. The molecular formula is C19H25N3O3. The maximum Gasteiger partial charge on any atom is 0.321 e. The molecule has 1 saturated heterocycles. The highest BCUT2D eigenvalue weighted by Gasteiger charge is 2.41. The van der Waals surface area contributed by atoms with Gasteiger partial charge >= 0.3 is 6.03 Å². The van der Waals surface area contributed by atoms with E-state index in [9.17, 15) is 14.4 Å². The number of rotatable bonds is 1. The number of urea groups is 1. The zero-order valence-electron chi connectivity index (χ0n) is 15.3. The lowest BCUT2D eigenvalue weighted by Crippen LogP contribution is -2.45. The molecule has 1 aromatic carbocycles. The van der Waals surface area contributed by atoms with Gasteiger partial charge in [-0.25, -0.2) is 4.79 Å². The van der Waals surface area contributed by atoms with Crippen LogP contribution in [0, 0.1) is 5.92 Å². The summed E-state index contributed by atoms with van der Waals surface area (Å²) in [4.78, 5) is 40.6. The summed E-state index contributed by atoms with van der Waals surface area (Å²) in [5.74, 6) is -0.0931. The Bertz CT molecular complexity index is 736. The standard InChI is InChI=1S/C19H25N3O3/c1-12-6-5-9-21(11-12)18(25)20-13-7-8-14-15(10-13)17(24)22(16(14)23)19(2,3)4/h7-8,10,12H,5-6,9,11H2,1-4H3,(H,20,25). The zero-order chi connectivity index (χ0) is 18.4. The average molecular weight is 343 g/mol. The Labute approximate surface area is 148 Å². The highest BCUT2D eigenvalue weighted by Crippen LogP contribution is 2.31. The van der Waals surface area contributed by atoms with Gasteiger partial charge in [0.2, 0.25) is 0 Å². The van der Waals surface area contributed by atoms with Crippen molar-refractivity contribution in [3.8, 4) is 0 Å². The van der Waals surface area contributed by atoms with Crippen molar-refractivity contribution in [1.29, 1.82) is 0 Å². The molecule has 1 fully saturated rings. The van der Waals surface area contributed by atoms with Gasteiger partial charge in [-0.05, 0) is 57.7 Å². The van der Waals surface area contributed by atoms with E-state index >= 15 is 0 Å². The predicted octanol–water partition coefficient (Wildman–Crippen LogP) is 3.34. The van der Waals surface area contributed by atoms with Crippen molar-refractivity contribution in [2.75, 3.05) is 18.4 Å². The first-order valence-corrected chi connectivity index (χ1v) is 8.77. The largest absolute Gasteiger partial charge is 0.324 e. The van der Waals surface area contributed by atoms with Crippen molar-refractivity contribution in [3.63, 3.8) is 0 Å². The van der Waals surface area contributed by atoms with Crippen LogP contribution in [0.25, 0.3) is 0 Å². The van der Waals surface area contributed by atoms with E-state index in [0.29, 0.717) is 22.7 Å². The predicted molar refractivity (Wildman–Crippen MR) is 95.7 cm³/mol. The van der Waals surface area contributed by atoms with Crippen LogP contribution in [0.2, 0.25) is 0 Å². The van der Waals surface area contributed by atoms with Crippen molar-refractivity contribution in [3.05, 3.63) is 29.3 Å². The Balaban J connectivity index is 1.79. The minimum Gasteiger partial charge on any atom is -0.324 e. The minimum atomic E-state index is -0.583. The lowest BCUT2D eigenvalue weighted by atomic mass is 10.0. The summed E-state index contributed by atoms with van der Waals surface area (Å²) in [6, 6.07) is 4.75. The fourth-order valence-corrected chi connectivity index (χ4v) is 3.50. The molecule has 1 N–H and O–H groups in total. The number of fused-ring (bicyclic) bond motifs is 1. The molecular weight excluding hydrogens is 318 g/mol. The summed E-state index contributed by atoms with van der Waals surface area (Å²) in [5, 5.41) is 2.86. The number of imide groups is 1. The van der Waals surface area contributed by atoms with Crippen molar-refractivity contribution < 1.29 is 14.4 Å². The van der Waals surface area contributed by atoms with Gasteiger partial charge in [0.1, 0.15) is 0 Å². The van der Waals surface area contributed by atoms with E-state index in [0.717, 1.165) is 25.9 Å². The Kier molecular flexibility index (Phi) is 4.31. The van der Waals surface area contributed by atoms with E-state index in [2.05, 4.69) is 12.2 Å². The Morgan fingerprint density at radius 2 is 1.84 bits per heavy atom. The number of carbonyl (C=O) groups is 3. The minimum absolute atomic E-state index is 0.157. The highest BCUT2D eigenvalue weighted by molar-refractivity contribution is 6.22. The third-order valence-corrected chi connectivity index (χ3v) is 4.75. The van der Waals surface area contributed by atoms with E-state index in [1.54, 1.807) is 23.1 Å². The molecule has 2 aliphatic heterocycles. The molecule has 6 heteroatoms. The lowest BCUT2D eigenvalue weighted by molar-refractivity contribution is 0.0507. The van der Waals surface area contributed by atoms with Crippen molar-refractivity contribution in [2.45, 2.75) is 46.1 Å². The number of benzene rings is 1. The molecule has 3 rings (SSSR count). The second-order valence-electron chi connectivity index (χ2n) is 8.00. The van der Waals surface area contributed by atoms with Crippen LogP contribution in [0.1, 0.15) is 61.3 Å². The molecule has 0 bridgehead atoms. The van der Waals surface area contributed by atoms with E-state index in [4.69, 9.17) is 0 Å². The third kappa shape index (κ3) is 3.25. The second kappa shape index (κ2) is 6.17. The monoisotopic (exact) mass is 343 g/mol. The van der Waals surface area contributed by atoms with Gasteiger partial charge in [0.25, 0.3) is 11.8 Å². The van der Waals surface area contributed by atoms with Crippen LogP contribution in [0.3, 0.4) is 0 Å². The van der Waals surface area contributed by atoms with E-state index in [1.807, 2.05) is 20.8 Å². The molecule has 0 spiro atoms. The molecule has 0 aliphatic carbocycles. The van der Waals surface area contributed by atoms with E-state index in [1.165, 1.54) is 4.90 Å². The fraction of sp³-hybridized carbons (Fsp3) is 0.526. The number of nitrogens with zero attached hydrogens (tertiary/aromatic N) is 2. The number of hydrogen-bond acceptors (Lipinski definition) is 3. The number of likely N-dealkylation sites (tertiary alicyclic amines) is 1. The zero-order valence-corrected chi connectivity index (χ0v) is 15.3. The molecule has 25 heavy (non-hydrogen) atoms. The summed E-state index contributed by atoms with van der Waals surface area (Å²) in [6.07, 6.45) is 2.15. The Morgan fingerprint density at radius 1 is 1.16 bits per heavy atom. The lowest BCUT2D eigenvalue weighted by Gasteiger charge is -2.31. The van der Waals surface area contributed by atoms with E-state index in [-0.39, 0.29) is 17.8 Å². The summed E-state index contributed by atoms with van der Waals surface area (Å²) in [7, 11) is 0. The average Bonchev–Trinajstić information content (AvgIpc) is 2.78. The topological polar surface area (TPSA) is 69.7 Å². The quantitative estimate of drug-likeness (QED) is 0.795. The number of carbonyl (C=O) groups excluding carboxylic acids is 3. The van der Waals surface area contributed by atoms with E-state index < -0.39 is 5.54 Å². The summed E-state index contributed by atoms with van der Waals surface area (Å²) in [5.41, 5.74) is 0.703. The third-order valence-electron chi connectivity index (χ3n) is 4.75. The summed E-state index contributed by atoms with van der Waals surface area (Å²) < 4.78 is 0. The summed E-state index contributed by atoms with van der Waals surface area (Å²) in [6.45, 7) is 9.11. The molecule has 1 aromatic rings. The van der Waals surface area contributed by atoms with Gasteiger partial charge in [-0.1, -0.05) is 6.92 Å². The molecule has 2 aliphatic rings. The van der Waals surface area contributed by atoms with Crippen molar-refractivity contribution in [1.82, 2.24) is 9.80 Å². The molecule has 0 radical (unpaired) electrons. The maximum absolute atomic E-state index is 12.6. The number of amides is 4. The molecule has 6 nitrogen and oxygen atoms in total. The van der Waals surface area contributed by atoms with Crippen LogP contribution in [-0.4, -0.2) is 46.3 Å². The molecule has 0 saturated carbocycles.